The summed E-state index contributed by atoms with van der Waals surface area (Å²) in [5, 5.41) is 16.8. The normalized spacial score (nSPS) is 15.6. The van der Waals surface area contributed by atoms with Crippen LogP contribution in [0.25, 0.3) is 0 Å². The van der Waals surface area contributed by atoms with Gasteiger partial charge in [-0.05, 0) is 54.6 Å². The summed E-state index contributed by atoms with van der Waals surface area (Å²) < 4.78 is 0. The molecular formula is C26H26ClN5O4S. The van der Waals surface area contributed by atoms with Crippen molar-refractivity contribution in [2.45, 2.75) is 12.8 Å². The lowest BCUT2D eigenvalue weighted by molar-refractivity contribution is -0.384. The zero-order valence-corrected chi connectivity index (χ0v) is 21.6. The third-order valence-corrected chi connectivity index (χ3v) is 7.89. The van der Waals surface area contributed by atoms with Gasteiger partial charge < -0.3 is 20.0 Å². The van der Waals surface area contributed by atoms with Crippen molar-refractivity contribution in [1.29, 1.82) is 0 Å². The number of nitro benzene ring substituents is 1. The summed E-state index contributed by atoms with van der Waals surface area (Å²) in [5.74, 6) is -0.395. The van der Waals surface area contributed by atoms with Gasteiger partial charge in [0, 0.05) is 56.6 Å². The number of carbonyl (C=O) groups is 2. The van der Waals surface area contributed by atoms with E-state index in [1.807, 2.05) is 33.4 Å². The largest absolute Gasteiger partial charge is 0.367 e. The molecule has 0 atom stereocenters. The van der Waals surface area contributed by atoms with Gasteiger partial charge in [-0.25, -0.2) is 0 Å². The van der Waals surface area contributed by atoms with Crippen molar-refractivity contribution in [3.05, 3.63) is 79.5 Å². The highest BCUT2D eigenvalue weighted by molar-refractivity contribution is 7.12. The number of nitro groups is 1. The van der Waals surface area contributed by atoms with E-state index >= 15 is 0 Å². The Bertz CT molecular complexity index is 1320. The van der Waals surface area contributed by atoms with Crippen molar-refractivity contribution in [1.82, 2.24) is 4.90 Å². The molecule has 2 saturated heterocycles. The summed E-state index contributed by atoms with van der Waals surface area (Å²) in [6, 6.07) is 13.6. The summed E-state index contributed by atoms with van der Waals surface area (Å²) in [6.07, 6.45) is 2.00. The molecule has 3 heterocycles. The molecule has 11 heteroatoms. The van der Waals surface area contributed by atoms with Gasteiger partial charge >= 0.3 is 0 Å². The molecule has 0 saturated carbocycles. The van der Waals surface area contributed by atoms with E-state index < -0.39 is 10.8 Å². The minimum atomic E-state index is -0.444. The van der Waals surface area contributed by atoms with Crippen LogP contribution in [-0.4, -0.2) is 60.9 Å². The Labute approximate surface area is 223 Å². The van der Waals surface area contributed by atoms with Crippen molar-refractivity contribution >= 4 is 57.5 Å². The maximum Gasteiger partial charge on any atom is 0.293 e. The fourth-order valence-electron chi connectivity index (χ4n) is 4.79. The number of rotatable bonds is 6. The van der Waals surface area contributed by atoms with Crippen molar-refractivity contribution in [2.24, 2.45) is 0 Å². The van der Waals surface area contributed by atoms with E-state index in [0.717, 1.165) is 36.5 Å². The molecule has 1 N–H and O–H groups in total. The Balaban J connectivity index is 1.24. The third-order valence-electron chi connectivity index (χ3n) is 6.73. The van der Waals surface area contributed by atoms with Crippen LogP contribution in [0, 0.1) is 10.1 Å². The van der Waals surface area contributed by atoms with Crippen molar-refractivity contribution in [2.75, 3.05) is 54.4 Å². The van der Waals surface area contributed by atoms with E-state index in [1.54, 1.807) is 24.3 Å². The number of benzene rings is 2. The molecule has 192 valence electrons. The van der Waals surface area contributed by atoms with E-state index in [0.29, 0.717) is 42.6 Å². The van der Waals surface area contributed by atoms with Gasteiger partial charge in [0.25, 0.3) is 17.5 Å². The van der Waals surface area contributed by atoms with Crippen LogP contribution in [0.15, 0.2) is 53.9 Å². The molecule has 2 aromatic carbocycles. The maximum atomic E-state index is 12.9. The topological polar surface area (TPSA) is 99.0 Å². The number of anilines is 3. The standard InChI is InChI=1S/C26H26ClN5O4S/c27-20-17-19(6-8-21(20)30-11-13-31(14-12-30)26(34)24-4-3-15-37-24)28-25(33)18-5-7-22(23(16-18)32(35)36)29-9-1-2-10-29/h3-8,15-17H,1-2,9-14H2,(H,28,33). The van der Waals surface area contributed by atoms with Crippen LogP contribution < -0.4 is 15.1 Å². The summed E-state index contributed by atoms with van der Waals surface area (Å²) in [5.41, 5.74) is 2.01. The molecule has 9 nitrogen and oxygen atoms in total. The van der Waals surface area contributed by atoms with Crippen LogP contribution in [0.2, 0.25) is 5.02 Å². The SMILES string of the molecule is O=C(Nc1ccc(N2CCN(C(=O)c3cccs3)CC2)c(Cl)c1)c1ccc(N2CCCC2)c([N+](=O)[O-])c1. The first-order valence-electron chi connectivity index (χ1n) is 12.1. The molecule has 0 unspecified atom stereocenters. The molecule has 2 aliphatic rings. The molecule has 2 aliphatic heterocycles. The maximum absolute atomic E-state index is 12.9. The smallest absolute Gasteiger partial charge is 0.293 e. The Kier molecular flexibility index (Phi) is 7.29. The first kappa shape index (κ1) is 25.0. The van der Waals surface area contributed by atoms with Gasteiger partial charge in [0.05, 0.1) is 20.5 Å². The van der Waals surface area contributed by atoms with Gasteiger partial charge in [0.1, 0.15) is 5.69 Å². The number of halogens is 1. The average molecular weight is 540 g/mol. The number of piperazine rings is 1. The molecule has 0 spiro atoms. The molecule has 3 aromatic rings. The second-order valence-corrected chi connectivity index (χ2v) is 10.4. The minimum Gasteiger partial charge on any atom is -0.367 e. The number of nitrogens with one attached hydrogen (secondary N) is 1. The first-order valence-corrected chi connectivity index (χ1v) is 13.4. The number of amides is 2. The van der Waals surface area contributed by atoms with Crippen molar-refractivity contribution < 1.29 is 14.5 Å². The molecule has 2 amide bonds. The first-order chi connectivity index (χ1) is 17.9. The molecule has 1 aromatic heterocycles. The Morgan fingerprint density at radius 1 is 0.919 bits per heavy atom. The number of hydrogen-bond donors (Lipinski definition) is 1. The molecule has 37 heavy (non-hydrogen) atoms. The summed E-state index contributed by atoms with van der Waals surface area (Å²) >= 11 is 8.01. The van der Waals surface area contributed by atoms with Gasteiger partial charge in [-0.3, -0.25) is 19.7 Å². The van der Waals surface area contributed by atoms with E-state index in [4.69, 9.17) is 11.6 Å². The number of nitrogens with zero attached hydrogens (tertiary/aromatic N) is 4. The number of carbonyl (C=O) groups excluding carboxylic acids is 2. The van der Waals surface area contributed by atoms with Crippen LogP contribution in [0.3, 0.4) is 0 Å². The van der Waals surface area contributed by atoms with Crippen LogP contribution in [0.5, 0.6) is 0 Å². The number of hydrogen-bond acceptors (Lipinski definition) is 7. The predicted octanol–water partition coefficient (Wildman–Crippen LogP) is 5.12. The summed E-state index contributed by atoms with van der Waals surface area (Å²) in [4.78, 5) is 43.4. The highest BCUT2D eigenvalue weighted by Gasteiger charge is 2.25. The van der Waals surface area contributed by atoms with E-state index in [9.17, 15) is 19.7 Å². The van der Waals surface area contributed by atoms with E-state index in [-0.39, 0.29) is 17.2 Å². The zero-order valence-electron chi connectivity index (χ0n) is 20.1. The molecule has 5 rings (SSSR count). The Hall–Kier alpha value is -3.63. The monoisotopic (exact) mass is 539 g/mol. The van der Waals surface area contributed by atoms with Gasteiger partial charge in [-0.15, -0.1) is 11.3 Å². The Morgan fingerprint density at radius 3 is 2.27 bits per heavy atom. The van der Waals surface area contributed by atoms with Gasteiger partial charge in [0.2, 0.25) is 0 Å². The average Bonchev–Trinajstić information content (AvgIpc) is 3.63. The van der Waals surface area contributed by atoms with Crippen molar-refractivity contribution in [3.63, 3.8) is 0 Å². The fourth-order valence-corrected chi connectivity index (χ4v) is 5.78. The van der Waals surface area contributed by atoms with Crippen LogP contribution in [0.4, 0.5) is 22.7 Å². The van der Waals surface area contributed by atoms with Crippen LogP contribution in [-0.2, 0) is 0 Å². The molecular weight excluding hydrogens is 514 g/mol. The van der Waals surface area contributed by atoms with Crippen LogP contribution in [0.1, 0.15) is 32.9 Å². The van der Waals surface area contributed by atoms with Gasteiger partial charge in [-0.1, -0.05) is 17.7 Å². The molecule has 0 aliphatic carbocycles. The van der Waals surface area contributed by atoms with Crippen LogP contribution >= 0.6 is 22.9 Å². The van der Waals surface area contributed by atoms with Gasteiger partial charge in [-0.2, -0.15) is 0 Å². The highest BCUT2D eigenvalue weighted by Crippen LogP contribution is 2.33. The highest BCUT2D eigenvalue weighted by atomic mass is 35.5. The Morgan fingerprint density at radius 2 is 1.62 bits per heavy atom. The quantitative estimate of drug-likeness (QED) is 0.344. The molecule has 2 fully saturated rings. The lowest BCUT2D eigenvalue weighted by atomic mass is 10.1. The van der Waals surface area contributed by atoms with Gasteiger partial charge in [0.15, 0.2) is 0 Å². The van der Waals surface area contributed by atoms with Crippen molar-refractivity contribution in [3.8, 4) is 0 Å². The predicted molar refractivity (Wildman–Crippen MR) is 146 cm³/mol. The fraction of sp³-hybridized carbons (Fsp3) is 0.308. The second-order valence-electron chi connectivity index (χ2n) is 9.03. The number of thiophene rings is 1. The minimum absolute atomic E-state index is 0.0486. The molecule has 0 radical (unpaired) electrons. The molecule has 0 bridgehead atoms. The second kappa shape index (κ2) is 10.8. The van der Waals surface area contributed by atoms with E-state index in [2.05, 4.69) is 10.2 Å². The van der Waals surface area contributed by atoms with E-state index in [1.165, 1.54) is 17.4 Å². The zero-order chi connectivity index (χ0) is 25.9. The summed E-state index contributed by atoms with van der Waals surface area (Å²) in [6.45, 7) is 4.04. The summed E-state index contributed by atoms with van der Waals surface area (Å²) in [7, 11) is 0. The lowest BCUT2D eigenvalue weighted by Gasteiger charge is -2.36. The lowest BCUT2D eigenvalue weighted by Crippen LogP contribution is -2.48. The third kappa shape index (κ3) is 5.40.